The fourth-order valence-electron chi connectivity index (χ4n) is 1.20. The van der Waals surface area contributed by atoms with Crippen LogP contribution in [-0.4, -0.2) is 16.6 Å². The van der Waals surface area contributed by atoms with Crippen LogP contribution in [0.2, 0.25) is 5.02 Å². The first-order valence-corrected chi connectivity index (χ1v) is 5.82. The molecule has 16 heavy (non-hydrogen) atoms. The van der Waals surface area contributed by atoms with Gasteiger partial charge in [-0.3, -0.25) is 0 Å². The number of nitrogens with zero attached hydrogens (tertiary/aromatic N) is 2. The Morgan fingerprint density at radius 3 is 3.00 bits per heavy atom. The lowest BCUT2D eigenvalue weighted by atomic mass is 10.3. The summed E-state index contributed by atoms with van der Waals surface area (Å²) in [4.78, 5) is 0. The highest BCUT2D eigenvalue weighted by atomic mass is 35.5. The van der Waals surface area contributed by atoms with Crippen molar-refractivity contribution in [1.29, 1.82) is 0 Å². The SMILES string of the molecule is CNc1snnc1COc1ccccc1Cl. The molecule has 0 radical (unpaired) electrons. The third kappa shape index (κ3) is 2.43. The van der Waals surface area contributed by atoms with E-state index in [-0.39, 0.29) is 0 Å². The molecule has 1 aromatic carbocycles. The number of hydrogen-bond acceptors (Lipinski definition) is 5. The molecule has 4 nitrogen and oxygen atoms in total. The third-order valence-corrected chi connectivity index (χ3v) is 3.08. The molecule has 2 rings (SSSR count). The molecule has 0 saturated carbocycles. The van der Waals surface area contributed by atoms with Gasteiger partial charge in [0, 0.05) is 18.6 Å². The largest absolute Gasteiger partial charge is 0.486 e. The molecular formula is C10H10ClN3OS. The second-order valence-corrected chi connectivity index (χ2v) is 4.18. The number of aromatic nitrogens is 2. The van der Waals surface area contributed by atoms with Gasteiger partial charge in [-0.2, -0.15) is 0 Å². The van der Waals surface area contributed by atoms with Crippen molar-refractivity contribution < 1.29 is 4.74 Å². The number of halogens is 1. The number of rotatable bonds is 4. The number of para-hydroxylation sites is 1. The minimum atomic E-state index is 0.358. The first-order valence-electron chi connectivity index (χ1n) is 4.67. The van der Waals surface area contributed by atoms with Crippen LogP contribution in [-0.2, 0) is 6.61 Å². The lowest BCUT2D eigenvalue weighted by Gasteiger charge is -2.06. The monoisotopic (exact) mass is 255 g/mol. The van der Waals surface area contributed by atoms with Gasteiger partial charge in [-0.05, 0) is 12.1 Å². The van der Waals surface area contributed by atoms with Crippen LogP contribution < -0.4 is 10.1 Å². The van der Waals surface area contributed by atoms with Gasteiger partial charge in [0.05, 0.1) is 5.02 Å². The number of hydrogen-bond donors (Lipinski definition) is 1. The summed E-state index contributed by atoms with van der Waals surface area (Å²) in [6.45, 7) is 0.358. The van der Waals surface area contributed by atoms with Crippen LogP contribution in [0.25, 0.3) is 0 Å². The molecule has 1 heterocycles. The predicted octanol–water partition coefficient (Wildman–Crippen LogP) is 2.81. The second-order valence-electron chi connectivity index (χ2n) is 3.02. The minimum Gasteiger partial charge on any atom is -0.486 e. The molecular weight excluding hydrogens is 246 g/mol. The highest BCUT2D eigenvalue weighted by Gasteiger charge is 2.07. The summed E-state index contributed by atoms with van der Waals surface area (Å²) in [7, 11) is 1.83. The highest BCUT2D eigenvalue weighted by molar-refractivity contribution is 7.10. The van der Waals surface area contributed by atoms with E-state index in [1.807, 2.05) is 25.2 Å². The predicted molar refractivity (Wildman–Crippen MR) is 65.2 cm³/mol. The van der Waals surface area contributed by atoms with Gasteiger partial charge < -0.3 is 10.1 Å². The van der Waals surface area contributed by atoms with E-state index in [1.165, 1.54) is 11.5 Å². The smallest absolute Gasteiger partial charge is 0.138 e. The summed E-state index contributed by atoms with van der Waals surface area (Å²) in [5.41, 5.74) is 0.785. The molecule has 0 unspecified atom stereocenters. The molecule has 0 saturated heterocycles. The first kappa shape index (κ1) is 11.2. The van der Waals surface area contributed by atoms with Crippen molar-refractivity contribution in [3.05, 3.63) is 35.0 Å². The maximum Gasteiger partial charge on any atom is 0.138 e. The standard InChI is InChI=1S/C10H10ClN3OS/c1-12-10-8(13-14-16-10)6-15-9-5-3-2-4-7(9)11/h2-5,12H,6H2,1H3. The van der Waals surface area contributed by atoms with Gasteiger partial charge in [0.25, 0.3) is 0 Å². The number of anilines is 1. The van der Waals surface area contributed by atoms with E-state index >= 15 is 0 Å². The first-order chi connectivity index (χ1) is 7.81. The molecule has 0 bridgehead atoms. The Morgan fingerprint density at radius 1 is 1.44 bits per heavy atom. The molecule has 1 aromatic heterocycles. The molecule has 0 aliphatic rings. The van der Waals surface area contributed by atoms with E-state index in [4.69, 9.17) is 16.3 Å². The van der Waals surface area contributed by atoms with Crippen LogP contribution in [0.15, 0.2) is 24.3 Å². The molecule has 0 aliphatic carbocycles. The van der Waals surface area contributed by atoms with Crippen molar-refractivity contribution in [2.75, 3.05) is 12.4 Å². The Balaban J connectivity index is 2.05. The van der Waals surface area contributed by atoms with Crippen LogP contribution in [0, 0.1) is 0 Å². The molecule has 0 spiro atoms. The van der Waals surface area contributed by atoms with Crippen molar-refractivity contribution in [1.82, 2.24) is 9.59 Å². The second kappa shape index (κ2) is 5.14. The Kier molecular flexibility index (Phi) is 3.58. The zero-order valence-electron chi connectivity index (χ0n) is 8.61. The topological polar surface area (TPSA) is 47.0 Å². The Bertz CT molecular complexity index is 475. The van der Waals surface area contributed by atoms with E-state index in [0.29, 0.717) is 17.4 Å². The van der Waals surface area contributed by atoms with Crippen molar-refractivity contribution in [3.8, 4) is 5.75 Å². The fraction of sp³-hybridized carbons (Fsp3) is 0.200. The molecule has 0 aliphatic heterocycles. The van der Waals surface area contributed by atoms with Gasteiger partial charge in [0.15, 0.2) is 0 Å². The zero-order chi connectivity index (χ0) is 11.4. The van der Waals surface area contributed by atoms with Crippen LogP contribution in [0.4, 0.5) is 5.00 Å². The van der Waals surface area contributed by atoms with Gasteiger partial charge in [0.2, 0.25) is 0 Å². The lowest BCUT2D eigenvalue weighted by Crippen LogP contribution is -1.99. The average Bonchev–Trinajstić information content (AvgIpc) is 2.75. The van der Waals surface area contributed by atoms with Crippen molar-refractivity contribution in [2.45, 2.75) is 6.61 Å². The fourth-order valence-corrected chi connectivity index (χ4v) is 1.91. The van der Waals surface area contributed by atoms with Gasteiger partial charge in [-0.1, -0.05) is 28.2 Å². The molecule has 0 atom stereocenters. The number of benzene rings is 1. The molecule has 84 valence electrons. The van der Waals surface area contributed by atoms with Crippen LogP contribution in [0.3, 0.4) is 0 Å². The van der Waals surface area contributed by atoms with Crippen LogP contribution in [0.1, 0.15) is 5.69 Å². The summed E-state index contributed by atoms with van der Waals surface area (Å²) in [6.07, 6.45) is 0. The van der Waals surface area contributed by atoms with Crippen molar-refractivity contribution >= 4 is 28.1 Å². The zero-order valence-corrected chi connectivity index (χ0v) is 10.2. The van der Waals surface area contributed by atoms with Crippen molar-refractivity contribution in [3.63, 3.8) is 0 Å². The molecule has 0 fully saturated rings. The summed E-state index contributed by atoms with van der Waals surface area (Å²) >= 11 is 7.27. The minimum absolute atomic E-state index is 0.358. The van der Waals surface area contributed by atoms with E-state index in [0.717, 1.165) is 10.7 Å². The van der Waals surface area contributed by atoms with Gasteiger partial charge in [-0.15, -0.1) is 5.10 Å². The maximum atomic E-state index is 5.96. The summed E-state index contributed by atoms with van der Waals surface area (Å²) in [6, 6.07) is 7.34. The summed E-state index contributed by atoms with van der Waals surface area (Å²) in [5, 5.41) is 8.48. The third-order valence-electron chi connectivity index (χ3n) is 1.98. The van der Waals surface area contributed by atoms with E-state index < -0.39 is 0 Å². The summed E-state index contributed by atoms with van der Waals surface area (Å²) < 4.78 is 9.40. The molecule has 1 N–H and O–H groups in total. The van der Waals surface area contributed by atoms with Gasteiger partial charge in [-0.25, -0.2) is 0 Å². The molecule has 0 amide bonds. The molecule has 6 heteroatoms. The molecule has 2 aromatic rings. The van der Waals surface area contributed by atoms with Crippen LogP contribution >= 0.6 is 23.1 Å². The Morgan fingerprint density at radius 2 is 2.25 bits per heavy atom. The van der Waals surface area contributed by atoms with Gasteiger partial charge >= 0.3 is 0 Å². The summed E-state index contributed by atoms with van der Waals surface area (Å²) in [5.74, 6) is 0.652. The Labute approximate surface area is 102 Å². The maximum absolute atomic E-state index is 5.96. The average molecular weight is 256 g/mol. The van der Waals surface area contributed by atoms with E-state index in [2.05, 4.69) is 14.9 Å². The lowest BCUT2D eigenvalue weighted by molar-refractivity contribution is 0.302. The van der Waals surface area contributed by atoms with Crippen LogP contribution in [0.5, 0.6) is 5.75 Å². The number of ether oxygens (including phenoxy) is 1. The Hall–Kier alpha value is -1.33. The van der Waals surface area contributed by atoms with Crippen molar-refractivity contribution in [2.24, 2.45) is 0 Å². The van der Waals surface area contributed by atoms with E-state index in [9.17, 15) is 0 Å². The highest BCUT2D eigenvalue weighted by Crippen LogP contribution is 2.25. The normalized spacial score (nSPS) is 10.1. The van der Waals surface area contributed by atoms with Gasteiger partial charge in [0.1, 0.15) is 23.1 Å². The quantitative estimate of drug-likeness (QED) is 0.913. The van der Waals surface area contributed by atoms with E-state index in [1.54, 1.807) is 6.07 Å². The number of nitrogens with one attached hydrogen (secondary N) is 1.